The number of aryl methyl sites for hydroxylation is 1. The minimum absolute atomic E-state index is 0.0122. The number of nitrogens with zero attached hydrogens (tertiary/aromatic N) is 5. The number of carbonyl (C=O) groups excluding carboxylic acids is 1. The molecule has 3 heterocycles. The summed E-state index contributed by atoms with van der Waals surface area (Å²) in [5.74, 6) is -3.39. The number of hydrogen-bond acceptors (Lipinski definition) is 5. The van der Waals surface area contributed by atoms with E-state index in [0.717, 1.165) is 4.68 Å². The zero-order valence-electron chi connectivity index (χ0n) is 15.9. The zero-order valence-corrected chi connectivity index (χ0v) is 15.9. The van der Waals surface area contributed by atoms with Crippen molar-refractivity contribution in [3.8, 4) is 0 Å². The lowest BCUT2D eigenvalue weighted by Gasteiger charge is -2.32. The van der Waals surface area contributed by atoms with Crippen molar-refractivity contribution >= 4 is 23.1 Å². The number of hydrogen-bond donors (Lipinski definition) is 2. The number of amides is 1. The maximum absolute atomic E-state index is 14.1. The molecule has 1 atom stereocenters. The minimum Gasteiger partial charge on any atom is -0.361 e. The highest BCUT2D eigenvalue weighted by atomic mass is 19.3. The van der Waals surface area contributed by atoms with Crippen molar-refractivity contribution in [2.75, 3.05) is 10.6 Å². The van der Waals surface area contributed by atoms with E-state index in [-0.39, 0.29) is 29.1 Å². The molecular formula is C18H19F4N7O. The quantitative estimate of drug-likeness (QED) is 0.610. The van der Waals surface area contributed by atoms with E-state index in [0.29, 0.717) is 19.3 Å². The highest BCUT2D eigenvalue weighted by Crippen LogP contribution is 2.35. The minimum atomic E-state index is -2.86. The topological polar surface area (TPSA) is 89.1 Å². The van der Waals surface area contributed by atoms with E-state index in [9.17, 15) is 22.4 Å². The van der Waals surface area contributed by atoms with Gasteiger partial charge in [0.1, 0.15) is 11.4 Å². The number of alkyl halides is 4. The van der Waals surface area contributed by atoms with Gasteiger partial charge in [-0.05, 0) is 18.9 Å². The number of fused-ring (bicyclic) bond motifs is 1. The molecule has 1 aliphatic carbocycles. The smallest absolute Gasteiger partial charge is 0.284 e. The van der Waals surface area contributed by atoms with Gasteiger partial charge in [0.05, 0.1) is 17.9 Å². The lowest BCUT2D eigenvalue weighted by molar-refractivity contribution is -0.0449. The van der Waals surface area contributed by atoms with Gasteiger partial charge in [-0.25, -0.2) is 27.1 Å². The first-order valence-electron chi connectivity index (χ1n) is 9.36. The van der Waals surface area contributed by atoms with Crippen LogP contribution in [0.4, 0.5) is 29.1 Å². The van der Waals surface area contributed by atoms with Crippen LogP contribution >= 0.6 is 0 Å². The first kappa shape index (κ1) is 20.1. The number of anilines is 2. The molecule has 12 heteroatoms. The molecule has 0 aromatic carbocycles. The molecule has 2 N–H and O–H groups in total. The Morgan fingerprint density at radius 2 is 2.13 bits per heavy atom. The molecule has 0 spiro atoms. The molecular weight excluding hydrogens is 406 g/mol. The lowest BCUT2D eigenvalue weighted by Crippen LogP contribution is -2.42. The van der Waals surface area contributed by atoms with Crippen LogP contribution in [-0.2, 0) is 7.05 Å². The van der Waals surface area contributed by atoms with Crippen LogP contribution in [0.3, 0.4) is 0 Å². The third-order valence-electron chi connectivity index (χ3n) is 5.01. The standard InChI is InChI=1S/C18H19F4N7O/c1-28-9-11(14(27-28)15(19)20)24-17(30)10-8-23-29-7-5-13(26-16(10)29)25-12-4-2-3-6-18(12,21)22/h5,7-9,12,15H,2-4,6H2,1H3,(H,24,30)(H,25,26)/t12-/m0/s1. The fraction of sp³-hybridized carbons (Fsp3) is 0.444. The SMILES string of the molecule is Cn1cc(NC(=O)c2cnn3ccc(N[C@H]4CCCCC4(F)F)nc23)c(C(F)F)n1. The van der Waals surface area contributed by atoms with Gasteiger partial charge in [-0.3, -0.25) is 9.48 Å². The largest absolute Gasteiger partial charge is 0.361 e. The molecule has 0 aliphatic heterocycles. The van der Waals surface area contributed by atoms with Crippen molar-refractivity contribution in [1.82, 2.24) is 24.4 Å². The summed E-state index contributed by atoms with van der Waals surface area (Å²) >= 11 is 0. The summed E-state index contributed by atoms with van der Waals surface area (Å²) in [6, 6.07) is 0.438. The van der Waals surface area contributed by atoms with Crippen LogP contribution in [0.5, 0.6) is 0 Å². The van der Waals surface area contributed by atoms with Crippen LogP contribution in [-0.4, -0.2) is 42.3 Å². The predicted molar refractivity (Wildman–Crippen MR) is 99.9 cm³/mol. The first-order chi connectivity index (χ1) is 14.2. The van der Waals surface area contributed by atoms with Gasteiger partial charge in [0.25, 0.3) is 18.3 Å². The predicted octanol–water partition coefficient (Wildman–Crippen LogP) is 3.64. The maximum atomic E-state index is 14.1. The summed E-state index contributed by atoms with van der Waals surface area (Å²) < 4.78 is 56.9. The Balaban J connectivity index is 1.59. The summed E-state index contributed by atoms with van der Waals surface area (Å²) in [7, 11) is 1.46. The van der Waals surface area contributed by atoms with Crippen LogP contribution < -0.4 is 10.6 Å². The summed E-state index contributed by atoms with van der Waals surface area (Å²) in [6.07, 6.45) is 2.39. The van der Waals surface area contributed by atoms with Crippen molar-refractivity contribution in [3.63, 3.8) is 0 Å². The Morgan fingerprint density at radius 1 is 1.33 bits per heavy atom. The van der Waals surface area contributed by atoms with Gasteiger partial charge in [-0.1, -0.05) is 6.42 Å². The molecule has 160 valence electrons. The van der Waals surface area contributed by atoms with Crippen LogP contribution in [0, 0.1) is 0 Å². The summed E-state index contributed by atoms with van der Waals surface area (Å²) in [5.41, 5.74) is -0.567. The number of nitrogens with one attached hydrogen (secondary N) is 2. The van der Waals surface area contributed by atoms with E-state index in [1.165, 1.54) is 36.2 Å². The van der Waals surface area contributed by atoms with E-state index in [1.54, 1.807) is 0 Å². The lowest BCUT2D eigenvalue weighted by atomic mass is 9.91. The second kappa shape index (κ2) is 7.58. The van der Waals surface area contributed by atoms with E-state index in [2.05, 4.69) is 25.8 Å². The van der Waals surface area contributed by atoms with Gasteiger partial charge < -0.3 is 10.6 Å². The Morgan fingerprint density at radius 3 is 2.87 bits per heavy atom. The third-order valence-corrected chi connectivity index (χ3v) is 5.01. The van der Waals surface area contributed by atoms with Gasteiger partial charge in [0.2, 0.25) is 0 Å². The Bertz CT molecular complexity index is 1080. The van der Waals surface area contributed by atoms with Crippen LogP contribution in [0.25, 0.3) is 5.65 Å². The van der Waals surface area contributed by atoms with Crippen molar-refractivity contribution in [2.24, 2.45) is 7.05 Å². The van der Waals surface area contributed by atoms with E-state index in [1.807, 2.05) is 0 Å². The van der Waals surface area contributed by atoms with E-state index in [4.69, 9.17) is 0 Å². The molecule has 1 saturated carbocycles. The van der Waals surface area contributed by atoms with E-state index < -0.39 is 30.0 Å². The fourth-order valence-corrected chi connectivity index (χ4v) is 3.51. The molecule has 0 radical (unpaired) electrons. The van der Waals surface area contributed by atoms with Crippen molar-refractivity contribution in [2.45, 2.75) is 44.1 Å². The Labute approximate surface area is 168 Å². The van der Waals surface area contributed by atoms with Crippen LogP contribution in [0.2, 0.25) is 0 Å². The Kier molecular flexibility index (Phi) is 5.08. The molecule has 4 rings (SSSR count). The average molecular weight is 425 g/mol. The number of halogens is 4. The van der Waals surface area contributed by atoms with Crippen LogP contribution in [0.15, 0.2) is 24.7 Å². The third kappa shape index (κ3) is 3.81. The summed E-state index contributed by atoms with van der Waals surface area (Å²) in [4.78, 5) is 16.9. The van der Waals surface area contributed by atoms with Gasteiger partial charge in [0.15, 0.2) is 11.3 Å². The molecule has 8 nitrogen and oxygen atoms in total. The number of rotatable bonds is 5. The van der Waals surface area contributed by atoms with Crippen LogP contribution in [0.1, 0.15) is 48.2 Å². The van der Waals surface area contributed by atoms with Crippen molar-refractivity contribution < 1.29 is 22.4 Å². The average Bonchev–Trinajstić information content (AvgIpc) is 3.26. The van der Waals surface area contributed by atoms with Crippen molar-refractivity contribution in [1.29, 1.82) is 0 Å². The first-order valence-corrected chi connectivity index (χ1v) is 9.36. The second-order valence-electron chi connectivity index (χ2n) is 7.20. The van der Waals surface area contributed by atoms with Gasteiger partial charge in [-0.15, -0.1) is 0 Å². The molecule has 0 unspecified atom stereocenters. The maximum Gasteiger partial charge on any atom is 0.284 e. The highest BCUT2D eigenvalue weighted by Gasteiger charge is 2.41. The second-order valence-corrected chi connectivity index (χ2v) is 7.20. The molecule has 0 bridgehead atoms. The van der Waals surface area contributed by atoms with Gasteiger partial charge in [0, 0.05) is 25.9 Å². The molecule has 3 aromatic heterocycles. The molecule has 30 heavy (non-hydrogen) atoms. The normalized spacial score (nSPS) is 18.7. The van der Waals surface area contributed by atoms with Gasteiger partial charge >= 0.3 is 0 Å². The highest BCUT2D eigenvalue weighted by molar-refractivity contribution is 6.08. The summed E-state index contributed by atoms with van der Waals surface area (Å²) in [5, 5.41) is 12.8. The molecule has 1 amide bonds. The molecule has 3 aromatic rings. The Hall–Kier alpha value is -3.18. The molecule has 1 fully saturated rings. The zero-order chi connectivity index (χ0) is 21.5. The summed E-state index contributed by atoms with van der Waals surface area (Å²) in [6.45, 7) is 0. The number of aromatic nitrogens is 5. The molecule has 1 aliphatic rings. The monoisotopic (exact) mass is 425 g/mol. The molecule has 0 saturated heterocycles. The van der Waals surface area contributed by atoms with Gasteiger partial charge in [-0.2, -0.15) is 10.2 Å². The number of carbonyl (C=O) groups is 1. The van der Waals surface area contributed by atoms with Crippen molar-refractivity contribution in [3.05, 3.63) is 35.9 Å². The van der Waals surface area contributed by atoms with E-state index >= 15 is 0 Å². The fourth-order valence-electron chi connectivity index (χ4n) is 3.51.